The van der Waals surface area contributed by atoms with Crippen LogP contribution in [0.2, 0.25) is 0 Å². The molecule has 170 valence electrons. The molecule has 0 N–H and O–H groups in total. The second-order valence-corrected chi connectivity index (χ2v) is 6.72. The zero-order valence-electron chi connectivity index (χ0n) is 16.7. The van der Waals surface area contributed by atoms with E-state index in [-0.39, 0.29) is 35.5 Å². The number of carbonyl (C=O) groups is 2. The zero-order chi connectivity index (χ0) is 24.0. The Morgan fingerprint density at radius 3 is 2.00 bits per heavy atom. The molecule has 0 aromatic heterocycles. The fourth-order valence-electron chi connectivity index (χ4n) is 2.98. The van der Waals surface area contributed by atoms with E-state index < -0.39 is 40.2 Å². The van der Waals surface area contributed by atoms with Gasteiger partial charge >= 0.3 is 11.9 Å². The van der Waals surface area contributed by atoms with Crippen LogP contribution in [0.1, 0.15) is 27.1 Å². The monoisotopic (exact) mass is 457 g/mol. The average molecular weight is 457 g/mol. The lowest BCUT2D eigenvalue weighted by Gasteiger charge is -2.19. The third-order valence-corrected chi connectivity index (χ3v) is 4.63. The number of rotatable bonds is 8. The van der Waals surface area contributed by atoms with Gasteiger partial charge in [0.1, 0.15) is 25.0 Å². The fourth-order valence-corrected chi connectivity index (χ4v) is 2.98. The minimum absolute atomic E-state index is 0.00251. The molecule has 1 heterocycles. The summed E-state index contributed by atoms with van der Waals surface area (Å²) < 4.78 is 16.0. The number of carbonyl (C=O) groups excluding carboxylic acids is 2. The number of ether oxygens (including phenoxy) is 3. The summed E-state index contributed by atoms with van der Waals surface area (Å²) in [6.45, 7) is -0.356. The van der Waals surface area contributed by atoms with Crippen LogP contribution in [0.25, 0.3) is 10.4 Å². The van der Waals surface area contributed by atoms with Gasteiger partial charge < -0.3 is 14.2 Å². The van der Waals surface area contributed by atoms with Crippen LogP contribution in [0.3, 0.4) is 0 Å². The maximum absolute atomic E-state index is 12.4. The van der Waals surface area contributed by atoms with Crippen molar-refractivity contribution in [2.24, 2.45) is 5.11 Å². The Balaban J connectivity index is 1.65. The quantitative estimate of drug-likeness (QED) is 0.142. The standard InChI is InChI=1S/C19H15N5O9/c20-22-21-17-9-15(33-19(26)12-3-7-14(8-4-12)24(29)30)16(32-17)10-31-18(25)11-1-5-13(6-2-11)23(27)28/h1-8,15-17H,9-10H2/t15-,16+,17+/m0/s1. The van der Waals surface area contributed by atoms with E-state index in [1.807, 2.05) is 0 Å². The van der Waals surface area contributed by atoms with Gasteiger partial charge in [-0.15, -0.1) is 0 Å². The van der Waals surface area contributed by atoms with E-state index in [2.05, 4.69) is 10.0 Å². The first kappa shape index (κ1) is 23.1. The molecule has 2 aromatic rings. The second-order valence-electron chi connectivity index (χ2n) is 6.72. The van der Waals surface area contributed by atoms with Gasteiger partial charge in [-0.1, -0.05) is 5.11 Å². The third kappa shape index (κ3) is 5.78. The molecule has 2 aromatic carbocycles. The van der Waals surface area contributed by atoms with E-state index in [0.29, 0.717) is 0 Å². The van der Waals surface area contributed by atoms with Crippen molar-refractivity contribution >= 4 is 23.3 Å². The first-order valence-electron chi connectivity index (χ1n) is 9.35. The van der Waals surface area contributed by atoms with Crippen LogP contribution < -0.4 is 0 Å². The molecule has 0 unspecified atom stereocenters. The van der Waals surface area contributed by atoms with Crippen molar-refractivity contribution in [3.63, 3.8) is 0 Å². The highest BCUT2D eigenvalue weighted by molar-refractivity contribution is 5.90. The lowest BCUT2D eigenvalue weighted by atomic mass is 10.1. The molecule has 33 heavy (non-hydrogen) atoms. The molecule has 0 amide bonds. The van der Waals surface area contributed by atoms with Gasteiger partial charge in [0.05, 0.1) is 21.0 Å². The Morgan fingerprint density at radius 1 is 1.00 bits per heavy atom. The van der Waals surface area contributed by atoms with Crippen LogP contribution in [-0.2, 0) is 14.2 Å². The molecule has 1 aliphatic rings. The molecule has 1 saturated heterocycles. The van der Waals surface area contributed by atoms with E-state index in [0.717, 1.165) is 24.3 Å². The number of benzene rings is 2. The molecule has 0 saturated carbocycles. The van der Waals surface area contributed by atoms with Crippen LogP contribution in [-0.4, -0.2) is 46.8 Å². The Hall–Kier alpha value is -4.55. The molecular formula is C19H15N5O9. The molecule has 3 rings (SSSR count). The van der Waals surface area contributed by atoms with Gasteiger partial charge in [-0.05, 0) is 29.8 Å². The SMILES string of the molecule is [N-]=[N+]=N[C@H]1C[C@H](OC(=O)c2ccc([N+](=O)[O-])cc2)[C@@H](COC(=O)c2ccc([N+](=O)[O-])cc2)O1. The summed E-state index contributed by atoms with van der Waals surface area (Å²) in [7, 11) is 0. The Bertz CT molecular complexity index is 1110. The Labute approximate surface area is 184 Å². The highest BCUT2D eigenvalue weighted by atomic mass is 16.6. The van der Waals surface area contributed by atoms with Crippen molar-refractivity contribution in [3.8, 4) is 0 Å². The van der Waals surface area contributed by atoms with Crippen molar-refractivity contribution < 1.29 is 33.6 Å². The Kier molecular flexibility index (Phi) is 7.13. The zero-order valence-corrected chi connectivity index (χ0v) is 16.7. The summed E-state index contributed by atoms with van der Waals surface area (Å²) in [5, 5.41) is 24.9. The topological polar surface area (TPSA) is 197 Å². The minimum atomic E-state index is -0.965. The molecule has 1 fully saturated rings. The normalized spacial score (nSPS) is 19.2. The van der Waals surface area contributed by atoms with Gasteiger partial charge in [0, 0.05) is 35.6 Å². The lowest BCUT2D eigenvalue weighted by molar-refractivity contribution is -0.385. The Morgan fingerprint density at radius 2 is 1.52 bits per heavy atom. The minimum Gasteiger partial charge on any atom is -0.459 e. The largest absolute Gasteiger partial charge is 0.459 e. The van der Waals surface area contributed by atoms with Crippen LogP contribution in [0, 0.1) is 20.2 Å². The molecule has 0 radical (unpaired) electrons. The number of esters is 2. The maximum atomic E-state index is 12.4. The third-order valence-electron chi connectivity index (χ3n) is 4.63. The van der Waals surface area contributed by atoms with Crippen molar-refractivity contribution in [2.45, 2.75) is 24.9 Å². The highest BCUT2D eigenvalue weighted by Gasteiger charge is 2.38. The van der Waals surface area contributed by atoms with Crippen LogP contribution in [0.4, 0.5) is 11.4 Å². The van der Waals surface area contributed by atoms with E-state index in [4.69, 9.17) is 19.7 Å². The van der Waals surface area contributed by atoms with Gasteiger partial charge in [0.2, 0.25) is 0 Å². The fraction of sp³-hybridized carbons (Fsp3) is 0.263. The summed E-state index contributed by atoms with van der Waals surface area (Å²) in [6, 6.07) is 9.50. The number of hydrogen-bond donors (Lipinski definition) is 0. The van der Waals surface area contributed by atoms with Gasteiger partial charge in [-0.25, -0.2) is 9.59 Å². The molecular weight excluding hydrogens is 442 g/mol. The molecule has 3 atom stereocenters. The highest BCUT2D eigenvalue weighted by Crippen LogP contribution is 2.26. The van der Waals surface area contributed by atoms with Crippen LogP contribution in [0.5, 0.6) is 0 Å². The van der Waals surface area contributed by atoms with E-state index in [9.17, 15) is 29.8 Å². The van der Waals surface area contributed by atoms with Gasteiger partial charge in [0.25, 0.3) is 11.4 Å². The first-order chi connectivity index (χ1) is 15.8. The maximum Gasteiger partial charge on any atom is 0.338 e. The summed E-state index contributed by atoms with van der Waals surface area (Å²) in [4.78, 5) is 47.5. The molecule has 0 bridgehead atoms. The second kappa shape index (κ2) is 10.2. The summed E-state index contributed by atoms with van der Waals surface area (Å²) in [5.74, 6) is -1.59. The predicted molar refractivity (Wildman–Crippen MR) is 108 cm³/mol. The number of nitro benzene ring substituents is 2. The van der Waals surface area contributed by atoms with Crippen LogP contribution in [0.15, 0.2) is 53.6 Å². The van der Waals surface area contributed by atoms with Crippen molar-refractivity contribution in [1.29, 1.82) is 0 Å². The molecule has 1 aliphatic heterocycles. The average Bonchev–Trinajstić information content (AvgIpc) is 3.18. The van der Waals surface area contributed by atoms with E-state index in [1.165, 1.54) is 24.3 Å². The molecule has 14 nitrogen and oxygen atoms in total. The number of non-ortho nitro benzene ring substituents is 2. The summed E-state index contributed by atoms with van der Waals surface area (Å²) in [5.41, 5.74) is 8.36. The summed E-state index contributed by atoms with van der Waals surface area (Å²) >= 11 is 0. The van der Waals surface area contributed by atoms with E-state index in [1.54, 1.807) is 0 Å². The van der Waals surface area contributed by atoms with Crippen molar-refractivity contribution in [3.05, 3.63) is 90.3 Å². The van der Waals surface area contributed by atoms with Crippen LogP contribution >= 0.6 is 0 Å². The number of azide groups is 1. The number of nitro groups is 2. The van der Waals surface area contributed by atoms with Crippen molar-refractivity contribution in [2.75, 3.05) is 6.61 Å². The first-order valence-corrected chi connectivity index (χ1v) is 9.35. The predicted octanol–water partition coefficient (Wildman–Crippen LogP) is 3.31. The smallest absolute Gasteiger partial charge is 0.338 e. The number of nitrogens with zero attached hydrogens (tertiary/aromatic N) is 5. The van der Waals surface area contributed by atoms with Crippen molar-refractivity contribution in [1.82, 2.24) is 0 Å². The number of hydrogen-bond acceptors (Lipinski definition) is 10. The lowest BCUT2D eigenvalue weighted by Crippen LogP contribution is -2.32. The van der Waals surface area contributed by atoms with Gasteiger partial charge in [-0.3, -0.25) is 20.2 Å². The summed E-state index contributed by atoms with van der Waals surface area (Å²) in [6.07, 6.45) is -2.85. The molecule has 0 aliphatic carbocycles. The molecule has 0 spiro atoms. The van der Waals surface area contributed by atoms with Gasteiger partial charge in [-0.2, -0.15) is 0 Å². The van der Waals surface area contributed by atoms with E-state index >= 15 is 0 Å². The molecule has 14 heteroatoms. The van der Waals surface area contributed by atoms with Gasteiger partial charge in [0.15, 0.2) is 0 Å².